The first-order chi connectivity index (χ1) is 13.3. The van der Waals surface area contributed by atoms with Crippen LogP contribution >= 0.6 is 0 Å². The molecule has 1 atom stereocenters. The van der Waals surface area contributed by atoms with E-state index in [0.717, 1.165) is 57.1 Å². The summed E-state index contributed by atoms with van der Waals surface area (Å²) in [6, 6.07) is 1.81. The number of rotatable bonds is 4. The largest absolute Gasteiger partial charge is 0.333 e. The molecule has 0 spiro atoms. The number of nitrogens with one attached hydrogen (secondary N) is 2. The quantitative estimate of drug-likeness (QED) is 0.802. The Hall–Kier alpha value is -1.64. The summed E-state index contributed by atoms with van der Waals surface area (Å²) in [6.45, 7) is 0.856. The lowest BCUT2D eigenvalue weighted by Crippen LogP contribution is -2.52. The fraction of sp³-hybridized carbons (Fsp3) is 0.650. The molecule has 7 nitrogen and oxygen atoms in total. The van der Waals surface area contributed by atoms with Gasteiger partial charge in [0, 0.05) is 24.8 Å². The Balaban J connectivity index is 1.49. The minimum absolute atomic E-state index is 0.175. The summed E-state index contributed by atoms with van der Waals surface area (Å²) >= 11 is 0. The number of aryl methyl sites for hydroxylation is 2. The summed E-state index contributed by atoms with van der Waals surface area (Å²) in [5.74, 6) is 0. The Bertz CT molecular complexity index is 850. The molecule has 28 heavy (non-hydrogen) atoms. The molecule has 2 N–H and O–H groups in total. The van der Waals surface area contributed by atoms with E-state index < -0.39 is 16.2 Å². The molecule has 1 aromatic carbocycles. The second-order valence-corrected chi connectivity index (χ2v) is 10.1. The number of carbonyl (C=O) groups is 1. The number of carbonyl (C=O) groups excluding carboxylic acids is 1. The number of fused-ring (bicyclic) bond motifs is 2. The van der Waals surface area contributed by atoms with Crippen molar-refractivity contribution in [3.8, 4) is 0 Å². The molecule has 2 amide bonds. The molecule has 1 heterocycles. The van der Waals surface area contributed by atoms with Gasteiger partial charge in [0.1, 0.15) is 0 Å². The van der Waals surface area contributed by atoms with Gasteiger partial charge in [-0.1, -0.05) is 6.07 Å². The van der Waals surface area contributed by atoms with Gasteiger partial charge in [0.15, 0.2) is 0 Å². The van der Waals surface area contributed by atoms with E-state index in [1.807, 2.05) is 19.0 Å². The Labute approximate surface area is 167 Å². The number of hydrogen-bond acceptors (Lipinski definition) is 4. The van der Waals surface area contributed by atoms with Gasteiger partial charge in [-0.2, -0.15) is 12.7 Å². The number of likely N-dealkylation sites (N-methyl/N-ethyl adjacent to an activating group) is 1. The SMILES string of the molecule is CN(C)C1CCCN(S(=O)(=O)NC(=O)Nc2c3c(cc4c2CCC4)CCC3)C1. The number of anilines is 1. The molecule has 2 aliphatic carbocycles. The maximum atomic E-state index is 12.8. The fourth-order valence-corrected chi connectivity index (χ4v) is 6.00. The van der Waals surface area contributed by atoms with E-state index in [1.54, 1.807) is 0 Å². The Kier molecular flexibility index (Phi) is 5.37. The zero-order chi connectivity index (χ0) is 19.9. The van der Waals surface area contributed by atoms with E-state index in [1.165, 1.54) is 26.6 Å². The molecule has 1 aliphatic heterocycles. The van der Waals surface area contributed by atoms with Crippen LogP contribution < -0.4 is 10.0 Å². The molecule has 0 bridgehead atoms. The zero-order valence-electron chi connectivity index (χ0n) is 16.8. The van der Waals surface area contributed by atoms with Gasteiger partial charge in [0.2, 0.25) is 0 Å². The topological polar surface area (TPSA) is 81.8 Å². The molecule has 0 saturated carbocycles. The first kappa shape index (κ1) is 19.7. The van der Waals surface area contributed by atoms with Crippen molar-refractivity contribution < 1.29 is 13.2 Å². The van der Waals surface area contributed by atoms with Gasteiger partial charge in [-0.05, 0) is 87.7 Å². The highest BCUT2D eigenvalue weighted by molar-refractivity contribution is 7.87. The first-order valence-corrected chi connectivity index (χ1v) is 11.7. The molecule has 1 aromatic rings. The van der Waals surface area contributed by atoms with Crippen molar-refractivity contribution in [2.24, 2.45) is 0 Å². The fourth-order valence-electron chi connectivity index (χ4n) is 4.85. The first-order valence-electron chi connectivity index (χ1n) is 10.3. The number of benzene rings is 1. The van der Waals surface area contributed by atoms with Gasteiger partial charge in [-0.25, -0.2) is 9.52 Å². The number of hydrogen-bond donors (Lipinski definition) is 2. The van der Waals surface area contributed by atoms with Crippen molar-refractivity contribution in [3.63, 3.8) is 0 Å². The Morgan fingerprint density at radius 3 is 2.32 bits per heavy atom. The summed E-state index contributed by atoms with van der Waals surface area (Å²) in [5.41, 5.74) is 5.87. The van der Waals surface area contributed by atoms with E-state index in [9.17, 15) is 13.2 Å². The lowest BCUT2D eigenvalue weighted by atomic mass is 9.99. The van der Waals surface area contributed by atoms with Crippen LogP contribution in [0.5, 0.6) is 0 Å². The Morgan fingerprint density at radius 1 is 1.07 bits per heavy atom. The highest BCUT2D eigenvalue weighted by Crippen LogP contribution is 2.38. The molecule has 8 heteroatoms. The maximum absolute atomic E-state index is 12.8. The van der Waals surface area contributed by atoms with Crippen molar-refractivity contribution in [2.75, 3.05) is 32.5 Å². The van der Waals surface area contributed by atoms with E-state index in [4.69, 9.17) is 0 Å². The summed E-state index contributed by atoms with van der Waals surface area (Å²) in [7, 11) is 0.0590. The standard InChI is InChI=1S/C20H30N4O3S/c1-23(2)16-8-5-11-24(13-16)28(26,27)22-20(25)21-19-17-9-3-6-14(17)12-15-7-4-10-18(15)19/h12,16H,3-11,13H2,1-2H3,(H2,21,22,25). The lowest BCUT2D eigenvalue weighted by molar-refractivity contribution is 0.189. The lowest BCUT2D eigenvalue weighted by Gasteiger charge is -2.35. The predicted octanol–water partition coefficient (Wildman–Crippen LogP) is 2.06. The molecule has 1 unspecified atom stereocenters. The highest BCUT2D eigenvalue weighted by atomic mass is 32.2. The minimum atomic E-state index is -3.85. The normalized spacial score (nSPS) is 22.2. The second-order valence-electron chi connectivity index (χ2n) is 8.41. The van der Waals surface area contributed by atoms with Crippen molar-refractivity contribution in [1.82, 2.24) is 13.9 Å². The average Bonchev–Trinajstić information content (AvgIpc) is 3.30. The van der Waals surface area contributed by atoms with Crippen molar-refractivity contribution in [2.45, 2.75) is 57.4 Å². The van der Waals surface area contributed by atoms with Crippen LogP contribution in [0, 0.1) is 0 Å². The summed E-state index contributed by atoms with van der Waals surface area (Å²) in [4.78, 5) is 14.7. The van der Waals surface area contributed by atoms with Gasteiger partial charge in [-0.3, -0.25) is 0 Å². The van der Waals surface area contributed by atoms with E-state index >= 15 is 0 Å². The van der Waals surface area contributed by atoms with Crippen LogP contribution in [0.4, 0.5) is 10.5 Å². The minimum Gasteiger partial charge on any atom is -0.307 e. The number of urea groups is 1. The number of amides is 2. The third kappa shape index (κ3) is 3.77. The highest BCUT2D eigenvalue weighted by Gasteiger charge is 2.32. The smallest absolute Gasteiger partial charge is 0.307 e. The number of nitrogens with zero attached hydrogens (tertiary/aromatic N) is 2. The van der Waals surface area contributed by atoms with Crippen LogP contribution in [0.1, 0.15) is 47.9 Å². The van der Waals surface area contributed by atoms with Crippen LogP contribution in [0.3, 0.4) is 0 Å². The van der Waals surface area contributed by atoms with E-state index in [0.29, 0.717) is 13.1 Å². The molecule has 1 saturated heterocycles. The summed E-state index contributed by atoms with van der Waals surface area (Å²) in [6.07, 6.45) is 7.91. The number of piperidine rings is 1. The van der Waals surface area contributed by atoms with Crippen molar-refractivity contribution >= 4 is 21.9 Å². The molecule has 0 radical (unpaired) electrons. The van der Waals surface area contributed by atoms with Crippen LogP contribution in [0.2, 0.25) is 0 Å². The summed E-state index contributed by atoms with van der Waals surface area (Å²) < 4.78 is 29.2. The van der Waals surface area contributed by atoms with Crippen LogP contribution in [-0.2, 0) is 35.9 Å². The van der Waals surface area contributed by atoms with Gasteiger partial charge >= 0.3 is 16.2 Å². The predicted molar refractivity (Wildman–Crippen MR) is 110 cm³/mol. The monoisotopic (exact) mass is 406 g/mol. The van der Waals surface area contributed by atoms with Crippen LogP contribution in [0.25, 0.3) is 0 Å². The van der Waals surface area contributed by atoms with Gasteiger partial charge in [0.05, 0.1) is 0 Å². The third-order valence-electron chi connectivity index (χ3n) is 6.36. The van der Waals surface area contributed by atoms with Crippen LogP contribution in [-0.4, -0.2) is 56.9 Å². The molecular weight excluding hydrogens is 376 g/mol. The van der Waals surface area contributed by atoms with E-state index in [-0.39, 0.29) is 6.04 Å². The molecule has 1 fully saturated rings. The third-order valence-corrected chi connectivity index (χ3v) is 7.82. The van der Waals surface area contributed by atoms with Gasteiger partial charge in [-0.15, -0.1) is 0 Å². The maximum Gasteiger partial charge on any atom is 0.333 e. The summed E-state index contributed by atoms with van der Waals surface area (Å²) in [5, 5.41) is 2.91. The average molecular weight is 407 g/mol. The molecule has 3 aliphatic rings. The van der Waals surface area contributed by atoms with Crippen molar-refractivity contribution in [3.05, 3.63) is 28.3 Å². The van der Waals surface area contributed by atoms with Crippen molar-refractivity contribution in [1.29, 1.82) is 0 Å². The molecule has 154 valence electrons. The molecule has 0 aromatic heterocycles. The van der Waals surface area contributed by atoms with Crippen LogP contribution in [0.15, 0.2) is 6.07 Å². The molecular formula is C20H30N4O3S. The van der Waals surface area contributed by atoms with Gasteiger partial charge < -0.3 is 10.2 Å². The van der Waals surface area contributed by atoms with Gasteiger partial charge in [0.25, 0.3) is 0 Å². The molecule has 4 rings (SSSR count). The zero-order valence-corrected chi connectivity index (χ0v) is 17.6. The van der Waals surface area contributed by atoms with E-state index in [2.05, 4.69) is 16.1 Å². The second kappa shape index (κ2) is 7.65. The Morgan fingerprint density at radius 2 is 1.71 bits per heavy atom.